The number of benzene rings is 2. The molecule has 0 atom stereocenters. The van der Waals surface area contributed by atoms with Gasteiger partial charge in [-0.05, 0) is 46.9 Å². The number of nitrogens with zero attached hydrogens (tertiary/aromatic N) is 2. The molecule has 0 bridgehead atoms. The van der Waals surface area contributed by atoms with Crippen LogP contribution in [-0.2, 0) is 5.75 Å². The van der Waals surface area contributed by atoms with Crippen molar-refractivity contribution < 1.29 is 0 Å². The van der Waals surface area contributed by atoms with Gasteiger partial charge in [0.05, 0.1) is 11.4 Å². The number of hydrogen-bond donors (Lipinski definition) is 0. The molecule has 2 nitrogen and oxygen atoms in total. The highest BCUT2D eigenvalue weighted by Crippen LogP contribution is 2.39. The Bertz CT molecular complexity index is 827. The Kier molecular flexibility index (Phi) is 3.59. The van der Waals surface area contributed by atoms with Gasteiger partial charge in [-0.3, -0.25) is 4.57 Å². The van der Waals surface area contributed by atoms with Gasteiger partial charge in [0.1, 0.15) is 15.2 Å². The lowest BCUT2D eigenvalue weighted by Gasteiger charge is -2.18. The summed E-state index contributed by atoms with van der Waals surface area (Å²) in [6.45, 7) is 0. The Labute approximate surface area is 149 Å². The average Bonchev–Trinajstić information content (AvgIpc) is 2.86. The summed E-state index contributed by atoms with van der Waals surface area (Å²) in [7, 11) is 0. The van der Waals surface area contributed by atoms with Gasteiger partial charge in [0, 0.05) is 14.9 Å². The largest absolute Gasteiger partial charge is 0.289 e. The fraction of sp³-hybridized carbons (Fsp3) is 0.0625. The first-order valence-electron chi connectivity index (χ1n) is 6.49. The van der Waals surface area contributed by atoms with Crippen LogP contribution in [0.1, 0.15) is 5.82 Å². The van der Waals surface area contributed by atoms with Crippen molar-refractivity contribution in [3.8, 4) is 16.9 Å². The van der Waals surface area contributed by atoms with Gasteiger partial charge in [0.25, 0.3) is 0 Å². The molecule has 104 valence electrons. The Balaban J connectivity index is 1.91. The molecular formula is C16H10BrIN2S. The molecule has 2 aromatic carbocycles. The highest BCUT2D eigenvalue weighted by molar-refractivity contribution is 14.1. The Morgan fingerprint density at radius 3 is 2.67 bits per heavy atom. The van der Waals surface area contributed by atoms with Crippen molar-refractivity contribution in [2.24, 2.45) is 0 Å². The Morgan fingerprint density at radius 2 is 1.86 bits per heavy atom. The number of halogens is 2. The second-order valence-electron chi connectivity index (χ2n) is 4.77. The van der Waals surface area contributed by atoms with Crippen molar-refractivity contribution in [3.63, 3.8) is 0 Å². The second kappa shape index (κ2) is 5.44. The first kappa shape index (κ1) is 13.8. The molecule has 0 aliphatic carbocycles. The lowest BCUT2D eigenvalue weighted by molar-refractivity contribution is 0.905. The van der Waals surface area contributed by atoms with Crippen molar-refractivity contribution >= 4 is 50.3 Å². The SMILES string of the molecule is Brc1ccc(-c2nc3n(c2I)-c2ccccc2SC3)cc1. The first-order valence-corrected chi connectivity index (χ1v) is 9.35. The van der Waals surface area contributed by atoms with E-state index in [1.807, 2.05) is 11.8 Å². The van der Waals surface area contributed by atoms with Crippen LogP contribution in [0, 0.1) is 3.70 Å². The van der Waals surface area contributed by atoms with Gasteiger partial charge in [-0.1, -0.05) is 40.2 Å². The molecule has 1 aliphatic rings. The van der Waals surface area contributed by atoms with Crippen LogP contribution < -0.4 is 0 Å². The van der Waals surface area contributed by atoms with Crippen LogP contribution in [0.2, 0.25) is 0 Å². The maximum atomic E-state index is 4.87. The van der Waals surface area contributed by atoms with Crippen molar-refractivity contribution in [3.05, 3.63) is 62.5 Å². The zero-order valence-electron chi connectivity index (χ0n) is 10.9. The summed E-state index contributed by atoms with van der Waals surface area (Å²) in [5, 5.41) is 0. The van der Waals surface area contributed by atoms with Gasteiger partial charge >= 0.3 is 0 Å². The van der Waals surface area contributed by atoms with Gasteiger partial charge in [0.15, 0.2) is 0 Å². The van der Waals surface area contributed by atoms with E-state index in [1.165, 1.54) is 14.3 Å². The van der Waals surface area contributed by atoms with Gasteiger partial charge in [-0.15, -0.1) is 11.8 Å². The monoisotopic (exact) mass is 468 g/mol. The standard InChI is InChI=1S/C16H10BrIN2S/c17-11-7-5-10(6-8-11)15-16(18)20-12-3-1-2-4-13(12)21-9-14(20)19-15/h1-8H,9H2. The molecule has 1 aromatic heterocycles. The number of rotatable bonds is 1. The van der Waals surface area contributed by atoms with Crippen molar-refractivity contribution in [2.75, 3.05) is 0 Å². The molecule has 3 aromatic rings. The highest BCUT2D eigenvalue weighted by Gasteiger charge is 2.23. The quantitative estimate of drug-likeness (QED) is 0.438. The third kappa shape index (κ3) is 2.35. The smallest absolute Gasteiger partial charge is 0.125 e. The van der Waals surface area contributed by atoms with E-state index in [0.29, 0.717) is 0 Å². The number of para-hydroxylation sites is 1. The van der Waals surface area contributed by atoms with Crippen molar-refractivity contribution in [2.45, 2.75) is 10.6 Å². The highest BCUT2D eigenvalue weighted by atomic mass is 127. The lowest BCUT2D eigenvalue weighted by Crippen LogP contribution is -2.07. The van der Waals surface area contributed by atoms with Crippen LogP contribution in [0.15, 0.2) is 57.9 Å². The van der Waals surface area contributed by atoms with Gasteiger partial charge in [-0.2, -0.15) is 0 Å². The number of thioether (sulfide) groups is 1. The summed E-state index contributed by atoms with van der Waals surface area (Å²) >= 11 is 7.75. The molecule has 0 spiro atoms. The first-order chi connectivity index (χ1) is 10.2. The predicted molar refractivity (Wildman–Crippen MR) is 99.0 cm³/mol. The third-order valence-corrected chi connectivity index (χ3v) is 6.05. The number of aromatic nitrogens is 2. The minimum Gasteiger partial charge on any atom is -0.289 e. The molecule has 4 rings (SSSR count). The molecule has 0 amide bonds. The zero-order valence-corrected chi connectivity index (χ0v) is 15.4. The zero-order chi connectivity index (χ0) is 14.4. The molecule has 1 aliphatic heterocycles. The number of hydrogen-bond acceptors (Lipinski definition) is 2. The number of imidazole rings is 1. The van der Waals surface area contributed by atoms with E-state index in [4.69, 9.17) is 4.98 Å². The molecule has 2 heterocycles. The molecule has 0 unspecified atom stereocenters. The molecule has 0 radical (unpaired) electrons. The summed E-state index contributed by atoms with van der Waals surface area (Å²) in [6, 6.07) is 16.9. The van der Waals surface area contributed by atoms with E-state index in [1.54, 1.807) is 0 Å². The third-order valence-electron chi connectivity index (χ3n) is 3.47. The molecular weight excluding hydrogens is 459 g/mol. The molecule has 21 heavy (non-hydrogen) atoms. The predicted octanol–water partition coefficient (Wildman–Crippen LogP) is 5.51. The lowest BCUT2D eigenvalue weighted by atomic mass is 10.2. The summed E-state index contributed by atoms with van der Waals surface area (Å²) in [5.41, 5.74) is 3.46. The normalized spacial score (nSPS) is 12.9. The molecule has 0 N–H and O–H groups in total. The molecule has 5 heteroatoms. The van der Waals surface area contributed by atoms with Gasteiger partial charge in [-0.25, -0.2) is 4.98 Å². The van der Waals surface area contributed by atoms with E-state index < -0.39 is 0 Å². The number of fused-ring (bicyclic) bond motifs is 3. The van der Waals surface area contributed by atoms with Gasteiger partial charge < -0.3 is 0 Å². The van der Waals surface area contributed by atoms with Crippen molar-refractivity contribution in [1.29, 1.82) is 0 Å². The van der Waals surface area contributed by atoms with Crippen LogP contribution in [0.25, 0.3) is 16.9 Å². The van der Waals surface area contributed by atoms with Crippen LogP contribution in [0.4, 0.5) is 0 Å². The van der Waals surface area contributed by atoms with Crippen LogP contribution in [-0.4, -0.2) is 9.55 Å². The molecule has 0 saturated heterocycles. The Morgan fingerprint density at radius 1 is 1.10 bits per heavy atom. The van der Waals surface area contributed by atoms with Gasteiger partial charge in [0.2, 0.25) is 0 Å². The average molecular weight is 469 g/mol. The fourth-order valence-electron chi connectivity index (χ4n) is 2.48. The van der Waals surface area contributed by atoms with E-state index >= 15 is 0 Å². The summed E-state index contributed by atoms with van der Waals surface area (Å²) in [6.07, 6.45) is 0. The fourth-order valence-corrected chi connectivity index (χ4v) is 4.68. The van der Waals surface area contributed by atoms with E-state index in [2.05, 4.69) is 91.6 Å². The van der Waals surface area contributed by atoms with E-state index in [9.17, 15) is 0 Å². The van der Waals surface area contributed by atoms with E-state index in [0.717, 1.165) is 27.3 Å². The maximum Gasteiger partial charge on any atom is 0.125 e. The maximum absolute atomic E-state index is 4.87. The minimum absolute atomic E-state index is 0.920. The van der Waals surface area contributed by atoms with Crippen molar-refractivity contribution in [1.82, 2.24) is 9.55 Å². The van der Waals surface area contributed by atoms with Crippen LogP contribution in [0.3, 0.4) is 0 Å². The molecule has 0 saturated carbocycles. The molecule has 0 fully saturated rings. The second-order valence-corrected chi connectivity index (χ2v) is 7.72. The minimum atomic E-state index is 0.920. The Hall–Kier alpha value is -0.790. The topological polar surface area (TPSA) is 17.8 Å². The summed E-state index contributed by atoms with van der Waals surface area (Å²) in [5.74, 6) is 2.05. The van der Waals surface area contributed by atoms with E-state index in [-0.39, 0.29) is 0 Å². The summed E-state index contributed by atoms with van der Waals surface area (Å²) < 4.78 is 4.55. The summed E-state index contributed by atoms with van der Waals surface area (Å²) in [4.78, 5) is 6.19. The van der Waals surface area contributed by atoms with Crippen LogP contribution >= 0.6 is 50.3 Å². The van der Waals surface area contributed by atoms with Crippen LogP contribution in [0.5, 0.6) is 0 Å².